The van der Waals surface area contributed by atoms with Crippen LogP contribution in [-0.4, -0.2) is 16.2 Å². The van der Waals surface area contributed by atoms with Crippen molar-refractivity contribution in [2.24, 2.45) is 0 Å². The van der Waals surface area contributed by atoms with E-state index in [-0.39, 0.29) is 17.6 Å². The topological polar surface area (TPSA) is 82.3 Å². The van der Waals surface area contributed by atoms with Crippen LogP contribution in [0.2, 0.25) is 5.02 Å². The standard InChI is InChI=1S/C13H6ClF3N2O4/c14-9-3-4-18-12(11(9)13(15,16)17)23-8-1-2-10(19(21)22)7(5-8)6-20/h1-6H. The number of aldehydes is 1. The van der Waals surface area contributed by atoms with E-state index >= 15 is 0 Å². The molecule has 1 aromatic carbocycles. The molecule has 23 heavy (non-hydrogen) atoms. The van der Waals surface area contributed by atoms with Crippen molar-refractivity contribution in [3.8, 4) is 11.6 Å². The Hall–Kier alpha value is -2.68. The number of pyridine rings is 1. The molecular formula is C13H6ClF3N2O4. The molecule has 0 saturated heterocycles. The van der Waals surface area contributed by atoms with Crippen LogP contribution in [-0.2, 0) is 6.18 Å². The number of benzene rings is 1. The molecule has 6 nitrogen and oxygen atoms in total. The van der Waals surface area contributed by atoms with E-state index in [1.807, 2.05) is 0 Å². The van der Waals surface area contributed by atoms with Crippen molar-refractivity contribution in [2.75, 3.05) is 0 Å². The zero-order valence-corrected chi connectivity index (χ0v) is 11.8. The minimum Gasteiger partial charge on any atom is -0.438 e. The molecule has 0 spiro atoms. The molecule has 1 heterocycles. The summed E-state index contributed by atoms with van der Waals surface area (Å²) < 4.78 is 43.9. The van der Waals surface area contributed by atoms with Crippen molar-refractivity contribution in [1.29, 1.82) is 0 Å². The number of carbonyl (C=O) groups is 1. The Morgan fingerprint density at radius 1 is 1.30 bits per heavy atom. The zero-order valence-electron chi connectivity index (χ0n) is 11.0. The van der Waals surface area contributed by atoms with E-state index in [2.05, 4.69) is 4.98 Å². The molecule has 0 radical (unpaired) electrons. The van der Waals surface area contributed by atoms with Gasteiger partial charge in [0.25, 0.3) is 5.69 Å². The Morgan fingerprint density at radius 2 is 2.00 bits per heavy atom. The molecule has 0 aliphatic heterocycles. The van der Waals surface area contributed by atoms with Gasteiger partial charge in [0.2, 0.25) is 5.88 Å². The van der Waals surface area contributed by atoms with Gasteiger partial charge in [-0.25, -0.2) is 4.98 Å². The van der Waals surface area contributed by atoms with Gasteiger partial charge in [0, 0.05) is 12.3 Å². The van der Waals surface area contributed by atoms with Crippen LogP contribution < -0.4 is 4.74 Å². The molecule has 120 valence electrons. The highest BCUT2D eigenvalue weighted by molar-refractivity contribution is 6.31. The van der Waals surface area contributed by atoms with Crippen LogP contribution in [0.5, 0.6) is 11.6 Å². The highest BCUT2D eigenvalue weighted by atomic mass is 35.5. The molecule has 0 atom stereocenters. The summed E-state index contributed by atoms with van der Waals surface area (Å²) in [5.41, 5.74) is -2.13. The maximum atomic E-state index is 13.0. The molecule has 0 saturated carbocycles. The monoisotopic (exact) mass is 346 g/mol. The molecule has 10 heteroatoms. The molecule has 1 aromatic heterocycles. The number of nitro groups is 1. The lowest BCUT2D eigenvalue weighted by Crippen LogP contribution is -2.09. The summed E-state index contributed by atoms with van der Waals surface area (Å²) >= 11 is 5.52. The normalized spacial score (nSPS) is 11.1. The molecular weight excluding hydrogens is 341 g/mol. The number of carbonyl (C=O) groups excluding carboxylic acids is 1. The summed E-state index contributed by atoms with van der Waals surface area (Å²) in [4.78, 5) is 24.2. The Bertz CT molecular complexity index is 780. The largest absolute Gasteiger partial charge is 0.438 e. The van der Waals surface area contributed by atoms with Crippen LogP contribution in [0.25, 0.3) is 0 Å². The van der Waals surface area contributed by atoms with Crippen molar-refractivity contribution < 1.29 is 27.6 Å². The maximum Gasteiger partial charge on any atom is 0.423 e. The summed E-state index contributed by atoms with van der Waals surface area (Å²) in [6.45, 7) is 0. The number of rotatable bonds is 4. The number of ether oxygens (including phenoxy) is 1. The predicted molar refractivity (Wildman–Crippen MR) is 72.8 cm³/mol. The summed E-state index contributed by atoms with van der Waals surface area (Å²) in [5, 5.41) is 10.1. The first-order chi connectivity index (χ1) is 10.7. The molecule has 2 aromatic rings. The van der Waals surface area contributed by atoms with Gasteiger partial charge in [-0.05, 0) is 18.2 Å². The van der Waals surface area contributed by atoms with E-state index < -0.39 is 33.3 Å². The third-order valence-corrected chi connectivity index (χ3v) is 3.00. The van der Waals surface area contributed by atoms with Crippen LogP contribution >= 0.6 is 11.6 Å². The predicted octanol–water partition coefficient (Wildman–Crippen LogP) is 4.27. The SMILES string of the molecule is O=Cc1cc(Oc2nccc(Cl)c2C(F)(F)F)ccc1[N+](=O)[O-]. The fraction of sp³-hybridized carbons (Fsp3) is 0.0769. The van der Waals surface area contributed by atoms with Crippen molar-refractivity contribution in [3.63, 3.8) is 0 Å². The van der Waals surface area contributed by atoms with Gasteiger partial charge in [0.1, 0.15) is 11.3 Å². The molecule has 0 amide bonds. The Kier molecular flexibility index (Phi) is 4.50. The molecule has 0 aliphatic carbocycles. The number of aromatic nitrogens is 1. The van der Waals surface area contributed by atoms with Gasteiger partial charge in [-0.2, -0.15) is 13.2 Å². The molecule has 0 N–H and O–H groups in total. The zero-order chi connectivity index (χ0) is 17.2. The third kappa shape index (κ3) is 3.57. The molecule has 0 aliphatic rings. The van der Waals surface area contributed by atoms with Gasteiger partial charge in [-0.3, -0.25) is 14.9 Å². The van der Waals surface area contributed by atoms with E-state index in [1.54, 1.807) is 0 Å². The van der Waals surface area contributed by atoms with Gasteiger partial charge in [-0.15, -0.1) is 0 Å². The van der Waals surface area contributed by atoms with Crippen molar-refractivity contribution in [3.05, 3.63) is 56.7 Å². The van der Waals surface area contributed by atoms with Crippen molar-refractivity contribution in [1.82, 2.24) is 4.98 Å². The lowest BCUT2D eigenvalue weighted by molar-refractivity contribution is -0.385. The lowest BCUT2D eigenvalue weighted by atomic mass is 10.2. The van der Waals surface area contributed by atoms with Crippen LogP contribution in [0.3, 0.4) is 0 Å². The highest BCUT2D eigenvalue weighted by Gasteiger charge is 2.38. The van der Waals surface area contributed by atoms with Gasteiger partial charge in [0.05, 0.1) is 15.5 Å². The molecule has 0 bridgehead atoms. The first-order valence-electron chi connectivity index (χ1n) is 5.87. The number of nitro benzene ring substituents is 1. The van der Waals surface area contributed by atoms with Gasteiger partial charge in [-0.1, -0.05) is 11.6 Å². The molecule has 2 rings (SSSR count). The Morgan fingerprint density at radius 3 is 2.57 bits per heavy atom. The average Bonchev–Trinajstić information content (AvgIpc) is 2.45. The van der Waals surface area contributed by atoms with E-state index in [4.69, 9.17) is 16.3 Å². The third-order valence-electron chi connectivity index (χ3n) is 2.69. The highest BCUT2D eigenvalue weighted by Crippen LogP contribution is 2.41. The first-order valence-corrected chi connectivity index (χ1v) is 6.25. The number of hydrogen-bond donors (Lipinski definition) is 0. The average molecular weight is 347 g/mol. The number of alkyl halides is 3. The lowest BCUT2D eigenvalue weighted by Gasteiger charge is -2.13. The van der Waals surface area contributed by atoms with E-state index in [0.29, 0.717) is 0 Å². The van der Waals surface area contributed by atoms with Gasteiger partial charge in [0.15, 0.2) is 6.29 Å². The summed E-state index contributed by atoms with van der Waals surface area (Å²) in [6.07, 6.45) is -3.60. The smallest absolute Gasteiger partial charge is 0.423 e. The van der Waals surface area contributed by atoms with E-state index in [0.717, 1.165) is 30.5 Å². The minimum atomic E-state index is -4.81. The van der Waals surface area contributed by atoms with Crippen LogP contribution in [0.15, 0.2) is 30.5 Å². The molecule has 0 fully saturated rings. The summed E-state index contributed by atoms with van der Waals surface area (Å²) in [5.74, 6) is -1.05. The second kappa shape index (κ2) is 6.21. The fourth-order valence-electron chi connectivity index (χ4n) is 1.72. The second-order valence-electron chi connectivity index (χ2n) is 4.17. The van der Waals surface area contributed by atoms with E-state index in [1.165, 1.54) is 0 Å². The Labute approximate surface area is 131 Å². The first kappa shape index (κ1) is 16.7. The molecule has 0 unspecified atom stereocenters. The van der Waals surface area contributed by atoms with Crippen LogP contribution in [0, 0.1) is 10.1 Å². The minimum absolute atomic E-state index is 0.195. The van der Waals surface area contributed by atoms with Crippen LogP contribution in [0.1, 0.15) is 15.9 Å². The number of nitrogens with zero attached hydrogens (tertiary/aromatic N) is 2. The van der Waals surface area contributed by atoms with Crippen molar-refractivity contribution in [2.45, 2.75) is 6.18 Å². The number of halogens is 4. The number of hydrogen-bond acceptors (Lipinski definition) is 5. The van der Waals surface area contributed by atoms with Gasteiger partial charge >= 0.3 is 6.18 Å². The summed E-state index contributed by atoms with van der Waals surface area (Å²) in [7, 11) is 0. The fourth-order valence-corrected chi connectivity index (χ4v) is 1.97. The van der Waals surface area contributed by atoms with Gasteiger partial charge < -0.3 is 4.74 Å². The maximum absolute atomic E-state index is 13.0. The quantitative estimate of drug-likeness (QED) is 0.469. The second-order valence-corrected chi connectivity index (χ2v) is 4.58. The van der Waals surface area contributed by atoms with E-state index in [9.17, 15) is 28.1 Å². The van der Waals surface area contributed by atoms with Crippen LogP contribution in [0.4, 0.5) is 18.9 Å². The van der Waals surface area contributed by atoms with Crippen molar-refractivity contribution >= 4 is 23.6 Å². The Balaban J connectivity index is 2.47. The summed E-state index contributed by atoms with van der Waals surface area (Å²) in [6, 6.07) is 3.88.